The molecule has 1 aliphatic heterocycles. The zero-order chi connectivity index (χ0) is 11.9. The molecule has 0 atom stereocenters. The summed E-state index contributed by atoms with van der Waals surface area (Å²) in [6.45, 7) is 1.67. The molecule has 1 aliphatic rings. The predicted octanol–water partition coefficient (Wildman–Crippen LogP) is 3.73. The van der Waals surface area contributed by atoms with Gasteiger partial charge in [-0.3, -0.25) is 0 Å². The van der Waals surface area contributed by atoms with E-state index in [0.29, 0.717) is 0 Å². The second kappa shape index (κ2) is 7.27. The first kappa shape index (κ1) is 13.2. The zero-order valence-corrected chi connectivity index (χ0v) is 11.3. The maximum Gasteiger partial charge on any atom is 0.158 e. The van der Waals surface area contributed by atoms with E-state index in [1.165, 1.54) is 5.56 Å². The van der Waals surface area contributed by atoms with Crippen LogP contribution in [0.2, 0.25) is 5.02 Å². The quantitative estimate of drug-likeness (QED) is 0.761. The third kappa shape index (κ3) is 4.51. The van der Waals surface area contributed by atoms with Crippen LogP contribution in [-0.4, -0.2) is 25.3 Å². The number of benzene rings is 1. The maximum atomic E-state index is 6.09. The Morgan fingerprint density at radius 2 is 2.00 bits per heavy atom. The van der Waals surface area contributed by atoms with Crippen molar-refractivity contribution in [3.8, 4) is 0 Å². The second-order valence-corrected chi connectivity index (χ2v) is 5.47. The first-order chi connectivity index (χ1) is 8.36. The van der Waals surface area contributed by atoms with Crippen molar-refractivity contribution in [1.29, 1.82) is 0 Å². The van der Waals surface area contributed by atoms with Crippen LogP contribution in [0.3, 0.4) is 0 Å². The molecule has 0 N–H and O–H groups in total. The van der Waals surface area contributed by atoms with Gasteiger partial charge >= 0.3 is 0 Å². The van der Waals surface area contributed by atoms with E-state index in [4.69, 9.17) is 21.1 Å². The molecule has 0 unspecified atom stereocenters. The molecule has 1 fully saturated rings. The Morgan fingerprint density at radius 3 is 2.76 bits per heavy atom. The molecule has 0 saturated carbocycles. The molecule has 1 aromatic rings. The lowest BCUT2D eigenvalue weighted by atomic mass is 10.2. The summed E-state index contributed by atoms with van der Waals surface area (Å²) in [4.78, 5) is 0. The van der Waals surface area contributed by atoms with Crippen molar-refractivity contribution in [3.05, 3.63) is 34.9 Å². The summed E-state index contributed by atoms with van der Waals surface area (Å²) in [5.41, 5.74) is 1.20. The number of ether oxygens (including phenoxy) is 2. The Bertz CT molecular complexity index is 340. The van der Waals surface area contributed by atoms with Gasteiger partial charge in [-0.2, -0.15) is 11.8 Å². The number of hydrogen-bond donors (Lipinski definition) is 0. The Balaban J connectivity index is 1.64. The van der Waals surface area contributed by atoms with E-state index in [-0.39, 0.29) is 6.29 Å². The van der Waals surface area contributed by atoms with Gasteiger partial charge in [-0.15, -0.1) is 0 Å². The number of halogens is 1. The highest BCUT2D eigenvalue weighted by Gasteiger charge is 2.13. The largest absolute Gasteiger partial charge is 0.353 e. The molecule has 0 amide bonds. The normalized spacial score (nSPS) is 17.2. The van der Waals surface area contributed by atoms with E-state index in [1.54, 1.807) is 0 Å². The van der Waals surface area contributed by atoms with Crippen molar-refractivity contribution in [2.24, 2.45) is 0 Å². The minimum absolute atomic E-state index is 0.00231. The van der Waals surface area contributed by atoms with Crippen LogP contribution in [-0.2, 0) is 15.2 Å². The molecule has 0 aliphatic carbocycles. The highest BCUT2D eigenvalue weighted by molar-refractivity contribution is 7.98. The lowest BCUT2D eigenvalue weighted by Gasteiger charge is -2.22. The molecular weight excluding hydrogens is 256 g/mol. The third-order valence-corrected chi connectivity index (χ3v) is 4.02. The van der Waals surface area contributed by atoms with Gasteiger partial charge in [-0.25, -0.2) is 0 Å². The Hall–Kier alpha value is -0.220. The van der Waals surface area contributed by atoms with Crippen LogP contribution in [0.25, 0.3) is 0 Å². The van der Waals surface area contributed by atoms with Crippen LogP contribution in [0.1, 0.15) is 18.4 Å². The molecule has 1 saturated heterocycles. The summed E-state index contributed by atoms with van der Waals surface area (Å²) in [6.07, 6.45) is 1.97. The fourth-order valence-corrected chi connectivity index (χ4v) is 2.94. The summed E-state index contributed by atoms with van der Waals surface area (Å²) in [6, 6.07) is 7.99. The van der Waals surface area contributed by atoms with Crippen LogP contribution in [0.4, 0.5) is 0 Å². The molecule has 0 radical (unpaired) electrons. The fourth-order valence-electron chi connectivity index (χ4n) is 1.68. The first-order valence-corrected chi connectivity index (χ1v) is 7.44. The molecule has 1 heterocycles. The van der Waals surface area contributed by atoms with Crippen LogP contribution >= 0.6 is 23.4 Å². The van der Waals surface area contributed by atoms with Gasteiger partial charge in [0.1, 0.15) is 0 Å². The highest BCUT2D eigenvalue weighted by Crippen LogP contribution is 2.22. The molecule has 2 nitrogen and oxygen atoms in total. The van der Waals surface area contributed by atoms with Gasteiger partial charge in [-0.1, -0.05) is 29.8 Å². The van der Waals surface area contributed by atoms with E-state index < -0.39 is 0 Å². The minimum Gasteiger partial charge on any atom is -0.353 e. The van der Waals surface area contributed by atoms with Crippen LogP contribution in [0, 0.1) is 0 Å². The van der Waals surface area contributed by atoms with Crippen molar-refractivity contribution in [1.82, 2.24) is 0 Å². The first-order valence-electron chi connectivity index (χ1n) is 5.90. The van der Waals surface area contributed by atoms with Gasteiger partial charge in [-0.05, 0) is 23.8 Å². The fraction of sp³-hybridized carbons (Fsp3) is 0.538. The van der Waals surface area contributed by atoms with Crippen LogP contribution in [0.15, 0.2) is 24.3 Å². The monoisotopic (exact) mass is 272 g/mol. The molecular formula is C13H17ClO2S. The van der Waals surface area contributed by atoms with Crippen molar-refractivity contribution >= 4 is 23.4 Å². The Kier molecular flexibility index (Phi) is 5.65. The van der Waals surface area contributed by atoms with Gasteiger partial charge in [0, 0.05) is 17.2 Å². The summed E-state index contributed by atoms with van der Waals surface area (Å²) < 4.78 is 11.0. The lowest BCUT2D eigenvalue weighted by molar-refractivity contribution is -0.178. The SMILES string of the molecule is Clc1ccccc1CSCCC1OCCCO1. The van der Waals surface area contributed by atoms with Gasteiger partial charge in [0.2, 0.25) is 0 Å². The minimum atomic E-state index is 0.00231. The number of hydrogen-bond acceptors (Lipinski definition) is 3. The van der Waals surface area contributed by atoms with E-state index in [0.717, 1.165) is 42.6 Å². The molecule has 1 aromatic carbocycles. The number of rotatable bonds is 5. The Labute approximate surface area is 112 Å². The van der Waals surface area contributed by atoms with Crippen molar-refractivity contribution < 1.29 is 9.47 Å². The van der Waals surface area contributed by atoms with Gasteiger partial charge in [0.15, 0.2) is 6.29 Å². The predicted molar refractivity (Wildman–Crippen MR) is 72.5 cm³/mol. The van der Waals surface area contributed by atoms with Gasteiger partial charge < -0.3 is 9.47 Å². The molecule has 2 rings (SSSR count). The Morgan fingerprint density at radius 1 is 1.24 bits per heavy atom. The van der Waals surface area contributed by atoms with Crippen LogP contribution in [0.5, 0.6) is 0 Å². The van der Waals surface area contributed by atoms with E-state index in [2.05, 4.69) is 6.07 Å². The molecule has 17 heavy (non-hydrogen) atoms. The van der Waals surface area contributed by atoms with Crippen molar-refractivity contribution in [2.45, 2.75) is 24.9 Å². The lowest BCUT2D eigenvalue weighted by Crippen LogP contribution is -2.25. The van der Waals surface area contributed by atoms with Crippen molar-refractivity contribution in [3.63, 3.8) is 0 Å². The smallest absolute Gasteiger partial charge is 0.158 e. The van der Waals surface area contributed by atoms with Crippen molar-refractivity contribution in [2.75, 3.05) is 19.0 Å². The topological polar surface area (TPSA) is 18.5 Å². The molecule has 94 valence electrons. The van der Waals surface area contributed by atoms with E-state index in [1.807, 2.05) is 30.0 Å². The molecule has 0 spiro atoms. The summed E-state index contributed by atoms with van der Waals surface area (Å²) in [5.74, 6) is 1.99. The summed E-state index contributed by atoms with van der Waals surface area (Å²) in [5, 5.41) is 0.852. The average molecular weight is 273 g/mol. The van der Waals surface area contributed by atoms with Gasteiger partial charge in [0.25, 0.3) is 0 Å². The van der Waals surface area contributed by atoms with E-state index >= 15 is 0 Å². The average Bonchev–Trinajstić information content (AvgIpc) is 2.38. The van der Waals surface area contributed by atoms with Gasteiger partial charge in [0.05, 0.1) is 13.2 Å². The zero-order valence-electron chi connectivity index (χ0n) is 9.73. The molecule has 4 heteroatoms. The third-order valence-electron chi connectivity index (χ3n) is 2.61. The maximum absolute atomic E-state index is 6.09. The highest BCUT2D eigenvalue weighted by atomic mass is 35.5. The standard InChI is InChI=1S/C13H17ClO2S/c14-12-5-2-1-4-11(12)10-17-9-6-13-15-7-3-8-16-13/h1-2,4-5,13H,3,6-10H2. The number of thioether (sulfide) groups is 1. The van der Waals surface area contributed by atoms with Crippen LogP contribution < -0.4 is 0 Å². The second-order valence-electron chi connectivity index (χ2n) is 3.96. The molecule has 0 bridgehead atoms. The molecule has 0 aromatic heterocycles. The summed E-state index contributed by atoms with van der Waals surface area (Å²) in [7, 11) is 0. The van der Waals surface area contributed by atoms with E-state index in [9.17, 15) is 0 Å². The summed E-state index contributed by atoms with van der Waals surface area (Å²) >= 11 is 7.96.